The molecule has 0 aliphatic carbocycles. The minimum absolute atomic E-state index is 0.00874. The maximum Gasteiger partial charge on any atom is 0.228 e. The Balaban J connectivity index is 2.50. The van der Waals surface area contributed by atoms with Crippen LogP contribution < -0.4 is 0 Å². The van der Waals surface area contributed by atoms with Crippen molar-refractivity contribution in [1.29, 1.82) is 0 Å². The minimum atomic E-state index is -2.96. The third-order valence-corrected chi connectivity index (χ3v) is 3.19. The van der Waals surface area contributed by atoms with Gasteiger partial charge in [0, 0.05) is 36.8 Å². The molecule has 0 unspecified atom stereocenters. The van der Waals surface area contributed by atoms with E-state index in [0.717, 1.165) is 9.30 Å². The first-order valence-corrected chi connectivity index (χ1v) is 6.76. The van der Waals surface area contributed by atoms with Crippen LogP contribution in [0.1, 0.15) is 31.9 Å². The number of carbonyl (C=O) groups is 1. The van der Waals surface area contributed by atoms with Crippen LogP contribution >= 0.6 is 0 Å². The van der Waals surface area contributed by atoms with Gasteiger partial charge in [0.2, 0.25) is 5.91 Å². The molecule has 0 spiro atoms. The fraction of sp³-hybridized carbons (Fsp3) is 0.263. The first-order chi connectivity index (χ1) is 15.4. The number of fused-ring (bicyclic) bond motifs is 1. The van der Waals surface area contributed by atoms with E-state index < -0.39 is 55.5 Å². The van der Waals surface area contributed by atoms with Gasteiger partial charge in [0.15, 0.2) is 0 Å². The second kappa shape index (κ2) is 5.88. The van der Waals surface area contributed by atoms with Gasteiger partial charge in [-0.25, -0.2) is 4.98 Å². The summed E-state index contributed by atoms with van der Waals surface area (Å²) in [6.07, 6.45) is -3.61. The first kappa shape index (κ1) is 6.87. The highest BCUT2D eigenvalue weighted by molar-refractivity contribution is 5.81. The molecule has 1 aromatic carbocycles. The lowest BCUT2D eigenvalue weighted by molar-refractivity contribution is -0.128. The molecule has 0 saturated heterocycles. The summed E-state index contributed by atoms with van der Waals surface area (Å²) in [5.74, 6) is -1.02. The summed E-state index contributed by atoms with van der Waals surface area (Å²) in [6, 6.07) is 3.87. The highest BCUT2D eigenvalue weighted by atomic mass is 16.2. The number of nitrogens with zero attached hydrogens (tertiary/aromatic N) is 3. The van der Waals surface area contributed by atoms with Crippen LogP contribution in [0, 0.1) is 13.7 Å². The number of carbonyl (C=O) groups excluding carboxylic acids is 1. The summed E-state index contributed by atoms with van der Waals surface area (Å²) in [5, 5.41) is 0. The molecule has 4 nitrogen and oxygen atoms in total. The fourth-order valence-electron chi connectivity index (χ4n) is 2.03. The average molecular weight is 318 g/mol. The lowest BCUT2D eigenvalue weighted by Gasteiger charge is -2.11. The Bertz CT molecular complexity index is 1270. The summed E-state index contributed by atoms with van der Waals surface area (Å²) >= 11 is 0. The topological polar surface area (TPSA) is 37.6 Å². The van der Waals surface area contributed by atoms with E-state index in [1.165, 1.54) is 38.4 Å². The second-order valence-corrected chi connectivity index (χ2v) is 5.11. The zero-order chi connectivity index (χ0) is 26.0. The molecule has 4 heteroatoms. The Labute approximate surface area is 151 Å². The standard InChI is InChI=1S/C19H21N3O/c1-13-5-8-15(9-6-13)19-16(11-18(23)21(3)4)22-12-14(2)7-10-17(22)20-19/h5-10,12H,11H2,1-4H3/i1D3,2D3,7D,10D,11D2,12D. The van der Waals surface area contributed by atoms with Crippen molar-refractivity contribution in [3.8, 4) is 11.3 Å². The molecule has 23 heavy (non-hydrogen) atoms. The van der Waals surface area contributed by atoms with Gasteiger partial charge in [-0.2, -0.15) is 0 Å². The van der Waals surface area contributed by atoms with E-state index in [2.05, 4.69) is 4.98 Å². The Hall–Kier alpha value is -2.62. The zero-order valence-corrected chi connectivity index (χ0v) is 12.6. The molecular weight excluding hydrogens is 286 g/mol. The predicted octanol–water partition coefficient (Wildman–Crippen LogP) is 3.25. The van der Waals surface area contributed by atoms with Gasteiger partial charge in [-0.05, 0) is 25.3 Å². The molecule has 2 heterocycles. The normalized spacial score (nSPS) is 19.7. The highest BCUT2D eigenvalue weighted by Crippen LogP contribution is 2.26. The lowest BCUT2D eigenvalue weighted by Crippen LogP contribution is -2.24. The van der Waals surface area contributed by atoms with Gasteiger partial charge in [-0.1, -0.05) is 35.9 Å². The molecule has 118 valence electrons. The maximum atomic E-state index is 12.8. The monoisotopic (exact) mass is 318 g/mol. The number of hydrogen-bond donors (Lipinski definition) is 0. The number of hydrogen-bond acceptors (Lipinski definition) is 2. The molecule has 3 rings (SSSR count). The van der Waals surface area contributed by atoms with Crippen LogP contribution in [0.4, 0.5) is 0 Å². The van der Waals surface area contributed by atoms with Crippen molar-refractivity contribution >= 4 is 11.6 Å². The quantitative estimate of drug-likeness (QED) is 0.743. The van der Waals surface area contributed by atoms with Crippen molar-refractivity contribution in [2.24, 2.45) is 0 Å². The number of amides is 1. The predicted molar refractivity (Wildman–Crippen MR) is 92.5 cm³/mol. The molecule has 0 bridgehead atoms. The molecule has 0 atom stereocenters. The van der Waals surface area contributed by atoms with E-state index in [-0.39, 0.29) is 22.5 Å². The smallest absolute Gasteiger partial charge is 0.228 e. The first-order valence-electron chi connectivity index (χ1n) is 12.3. The fourth-order valence-corrected chi connectivity index (χ4v) is 2.03. The number of aromatic nitrogens is 2. The van der Waals surface area contributed by atoms with Crippen LogP contribution in [0.2, 0.25) is 0 Å². The van der Waals surface area contributed by atoms with Crippen LogP contribution in [-0.2, 0) is 11.2 Å². The number of likely N-dealkylation sites (N-methyl/N-ethyl adjacent to an activating group) is 1. The molecule has 1 amide bonds. The molecule has 0 fully saturated rings. The lowest BCUT2D eigenvalue weighted by atomic mass is 10.1. The highest BCUT2D eigenvalue weighted by Gasteiger charge is 2.18. The van der Waals surface area contributed by atoms with Gasteiger partial charge < -0.3 is 9.30 Å². The molecule has 0 aliphatic heterocycles. The third kappa shape index (κ3) is 2.97. The second-order valence-electron chi connectivity index (χ2n) is 5.11. The van der Waals surface area contributed by atoms with Crippen LogP contribution in [0.3, 0.4) is 0 Å². The number of rotatable bonds is 3. The Morgan fingerprint density at radius 1 is 1.26 bits per heavy atom. The zero-order valence-electron chi connectivity index (χ0n) is 23.6. The van der Waals surface area contributed by atoms with Gasteiger partial charge in [0.1, 0.15) is 5.65 Å². The molecule has 3 aromatic rings. The van der Waals surface area contributed by atoms with Crippen LogP contribution in [0.15, 0.2) is 42.5 Å². The van der Waals surface area contributed by atoms with Gasteiger partial charge in [-0.3, -0.25) is 4.79 Å². The number of imidazole rings is 1. The summed E-state index contributed by atoms with van der Waals surface area (Å²) in [7, 11) is 2.64. The Morgan fingerprint density at radius 2 is 2.00 bits per heavy atom. The summed E-state index contributed by atoms with van der Waals surface area (Å²) in [5.41, 5.74) is -1.63. The van der Waals surface area contributed by atoms with Gasteiger partial charge in [-0.15, -0.1) is 0 Å². The maximum absolute atomic E-state index is 12.8. The van der Waals surface area contributed by atoms with Crippen molar-refractivity contribution in [2.45, 2.75) is 20.1 Å². The van der Waals surface area contributed by atoms with E-state index >= 15 is 0 Å². The van der Waals surface area contributed by atoms with Crippen molar-refractivity contribution in [3.05, 3.63) is 59.3 Å². The number of benzene rings is 1. The molecule has 0 saturated carbocycles. The molecule has 0 radical (unpaired) electrons. The SMILES string of the molecule is [2H]c1c(C([2H])([2H])[2H])c([2H])n2c(C([2H])([2H])C(=O)N(C)C)c(-c3ccc(C([2H])([2H])[2H])cc3)nc2c1[2H]. The van der Waals surface area contributed by atoms with Gasteiger partial charge in [0.25, 0.3) is 0 Å². The summed E-state index contributed by atoms with van der Waals surface area (Å²) in [6.45, 7) is -5.35. The molecule has 2 aromatic heterocycles. The largest absolute Gasteiger partial charge is 0.348 e. The number of pyridine rings is 1. The third-order valence-electron chi connectivity index (χ3n) is 3.19. The van der Waals surface area contributed by atoms with E-state index in [9.17, 15) is 4.79 Å². The van der Waals surface area contributed by atoms with Crippen LogP contribution in [-0.4, -0.2) is 34.3 Å². The summed E-state index contributed by atoms with van der Waals surface area (Å²) in [4.78, 5) is 18.0. The van der Waals surface area contributed by atoms with Crippen LogP contribution in [0.5, 0.6) is 0 Å². The van der Waals surface area contributed by atoms with E-state index in [1.54, 1.807) is 0 Å². The van der Waals surface area contributed by atoms with Gasteiger partial charge >= 0.3 is 0 Å². The van der Waals surface area contributed by atoms with E-state index in [4.69, 9.17) is 15.1 Å². The van der Waals surface area contributed by atoms with E-state index in [0.29, 0.717) is 0 Å². The molecule has 0 N–H and O–H groups in total. The van der Waals surface area contributed by atoms with Crippen molar-refractivity contribution in [3.63, 3.8) is 0 Å². The van der Waals surface area contributed by atoms with Crippen molar-refractivity contribution in [1.82, 2.24) is 14.3 Å². The van der Waals surface area contributed by atoms with Crippen LogP contribution in [0.25, 0.3) is 16.9 Å². The number of aryl methyl sites for hydroxylation is 1. The average Bonchev–Trinajstić information content (AvgIpc) is 3.12. The Kier molecular flexibility index (Phi) is 1.76. The van der Waals surface area contributed by atoms with E-state index in [1.807, 2.05) is 0 Å². The Morgan fingerprint density at radius 3 is 2.65 bits per heavy atom. The molecule has 0 aliphatic rings. The minimum Gasteiger partial charge on any atom is -0.348 e. The molecular formula is C19H21N3O. The van der Waals surface area contributed by atoms with Crippen molar-refractivity contribution in [2.75, 3.05) is 14.1 Å². The summed E-state index contributed by atoms with van der Waals surface area (Å²) < 4.78 is 88.5. The van der Waals surface area contributed by atoms with Gasteiger partial charge in [0.05, 0.1) is 21.9 Å². The van der Waals surface area contributed by atoms with Crippen molar-refractivity contribution < 1.29 is 19.9 Å².